The van der Waals surface area contributed by atoms with E-state index in [-0.39, 0.29) is 5.69 Å². The Labute approximate surface area is 174 Å². The van der Waals surface area contributed by atoms with Crippen LogP contribution in [0.2, 0.25) is 0 Å². The number of benzene rings is 2. The highest BCUT2D eigenvalue weighted by Crippen LogP contribution is 2.56. The zero-order chi connectivity index (χ0) is 21.4. The fourth-order valence-corrected chi connectivity index (χ4v) is 4.10. The molecule has 0 amide bonds. The number of fused-ring (bicyclic) bond motifs is 2. The molecular weight excluding hydrogens is 388 g/mol. The van der Waals surface area contributed by atoms with E-state index in [4.69, 9.17) is 19.0 Å². The number of hydroxylamine groups is 1. The van der Waals surface area contributed by atoms with Crippen molar-refractivity contribution in [2.75, 3.05) is 24.9 Å². The molecule has 4 rings (SSSR count). The summed E-state index contributed by atoms with van der Waals surface area (Å²) in [5.41, 5.74) is 0.870. The number of nitro benzene ring substituents is 1. The number of ether oxygens (including phenoxy) is 3. The average molecular weight is 412 g/mol. The highest BCUT2D eigenvalue weighted by Gasteiger charge is 2.68. The molecule has 2 aromatic rings. The SMILES string of the molecule is CCON1c2ccccc2C(OCC)(OCC)C12C=Cc1cc([N+](=O)[O-])ccc1O2. The Morgan fingerprint density at radius 2 is 1.80 bits per heavy atom. The van der Waals surface area contributed by atoms with Crippen LogP contribution in [0, 0.1) is 10.1 Å². The predicted octanol–water partition coefficient (Wildman–Crippen LogP) is 4.39. The highest BCUT2D eigenvalue weighted by molar-refractivity contribution is 5.71. The Balaban J connectivity index is 1.93. The molecular formula is C22H24N2O6. The molecule has 2 heterocycles. The second kappa shape index (κ2) is 7.71. The van der Waals surface area contributed by atoms with E-state index >= 15 is 0 Å². The molecule has 0 fully saturated rings. The molecule has 1 atom stereocenters. The maximum atomic E-state index is 11.2. The van der Waals surface area contributed by atoms with Crippen LogP contribution in [0.3, 0.4) is 0 Å². The lowest BCUT2D eigenvalue weighted by molar-refractivity contribution is -0.384. The maximum Gasteiger partial charge on any atom is 0.283 e. The number of hydrogen-bond donors (Lipinski definition) is 0. The van der Waals surface area contributed by atoms with Crippen molar-refractivity contribution in [3.05, 3.63) is 69.8 Å². The molecule has 158 valence electrons. The van der Waals surface area contributed by atoms with E-state index in [0.29, 0.717) is 31.1 Å². The summed E-state index contributed by atoms with van der Waals surface area (Å²) in [6, 6.07) is 12.2. The van der Waals surface area contributed by atoms with E-state index in [2.05, 4.69) is 0 Å². The standard InChI is InChI=1S/C22H24N2O6/c1-4-27-22(28-5-2)18-9-7-8-10-19(18)23(29-6-3)21(22)14-13-16-15-17(24(25)26)11-12-20(16)30-21/h7-15H,4-6H2,1-3H3. The van der Waals surface area contributed by atoms with Crippen LogP contribution in [0.4, 0.5) is 11.4 Å². The van der Waals surface area contributed by atoms with Gasteiger partial charge in [-0.25, -0.2) is 5.06 Å². The second-order valence-corrected chi connectivity index (χ2v) is 6.82. The molecule has 0 bridgehead atoms. The van der Waals surface area contributed by atoms with Crippen LogP contribution in [0.25, 0.3) is 6.08 Å². The van der Waals surface area contributed by atoms with Crippen molar-refractivity contribution in [3.63, 3.8) is 0 Å². The third-order valence-electron chi connectivity index (χ3n) is 5.16. The summed E-state index contributed by atoms with van der Waals surface area (Å²) in [5.74, 6) is -0.817. The molecule has 1 unspecified atom stereocenters. The Kier molecular flexibility index (Phi) is 5.23. The fraction of sp³-hybridized carbons (Fsp3) is 0.364. The first-order valence-electron chi connectivity index (χ1n) is 10.00. The summed E-state index contributed by atoms with van der Waals surface area (Å²) in [6.45, 7) is 6.82. The minimum atomic E-state index is -1.29. The minimum absolute atomic E-state index is 0.00444. The molecule has 0 aromatic heterocycles. The van der Waals surface area contributed by atoms with E-state index in [1.165, 1.54) is 12.1 Å². The average Bonchev–Trinajstić information content (AvgIpc) is 2.95. The number of anilines is 1. The quantitative estimate of drug-likeness (QED) is 0.379. The molecule has 8 heteroatoms. The van der Waals surface area contributed by atoms with Gasteiger partial charge in [-0.2, -0.15) is 0 Å². The Bertz CT molecular complexity index is 985. The summed E-state index contributed by atoms with van der Waals surface area (Å²) >= 11 is 0. The Hall–Kier alpha value is -2.94. The molecule has 8 nitrogen and oxygen atoms in total. The maximum absolute atomic E-state index is 11.2. The molecule has 0 radical (unpaired) electrons. The van der Waals surface area contributed by atoms with E-state index in [0.717, 1.165) is 11.3 Å². The molecule has 0 saturated carbocycles. The highest BCUT2D eigenvalue weighted by atomic mass is 16.8. The van der Waals surface area contributed by atoms with Gasteiger partial charge < -0.3 is 14.2 Å². The zero-order valence-electron chi connectivity index (χ0n) is 17.2. The third-order valence-corrected chi connectivity index (χ3v) is 5.16. The van der Waals surface area contributed by atoms with Gasteiger partial charge in [-0.1, -0.05) is 18.2 Å². The zero-order valence-corrected chi connectivity index (χ0v) is 17.2. The fourth-order valence-electron chi connectivity index (χ4n) is 4.10. The van der Waals surface area contributed by atoms with Crippen LogP contribution in [0.15, 0.2) is 48.5 Å². The van der Waals surface area contributed by atoms with E-state index in [1.54, 1.807) is 23.3 Å². The number of rotatable bonds is 7. The van der Waals surface area contributed by atoms with Crippen LogP contribution < -0.4 is 9.80 Å². The van der Waals surface area contributed by atoms with Crippen LogP contribution in [-0.4, -0.2) is 30.5 Å². The van der Waals surface area contributed by atoms with Crippen molar-refractivity contribution in [1.82, 2.24) is 0 Å². The summed E-state index contributed by atoms with van der Waals surface area (Å²) in [7, 11) is 0. The molecule has 0 saturated heterocycles. The minimum Gasteiger partial charge on any atom is -0.455 e. The first-order chi connectivity index (χ1) is 14.5. The largest absolute Gasteiger partial charge is 0.455 e. The summed E-state index contributed by atoms with van der Waals surface area (Å²) in [5, 5.41) is 12.8. The van der Waals surface area contributed by atoms with Crippen molar-refractivity contribution < 1.29 is 24.0 Å². The summed E-state index contributed by atoms with van der Waals surface area (Å²) in [6.07, 6.45) is 3.58. The molecule has 2 aromatic carbocycles. The number of para-hydroxylation sites is 1. The smallest absolute Gasteiger partial charge is 0.283 e. The topological polar surface area (TPSA) is 83.3 Å². The van der Waals surface area contributed by atoms with Crippen molar-refractivity contribution in [2.24, 2.45) is 0 Å². The lowest BCUT2D eigenvalue weighted by atomic mass is 9.94. The van der Waals surface area contributed by atoms with Gasteiger partial charge in [0.1, 0.15) is 5.75 Å². The van der Waals surface area contributed by atoms with Gasteiger partial charge in [0.15, 0.2) is 0 Å². The van der Waals surface area contributed by atoms with E-state index < -0.39 is 16.4 Å². The van der Waals surface area contributed by atoms with Gasteiger partial charge in [0, 0.05) is 36.5 Å². The molecule has 0 N–H and O–H groups in total. The Morgan fingerprint density at radius 3 is 2.47 bits per heavy atom. The van der Waals surface area contributed by atoms with Crippen molar-refractivity contribution in [3.8, 4) is 5.75 Å². The molecule has 2 aliphatic heterocycles. The van der Waals surface area contributed by atoms with Gasteiger partial charge >= 0.3 is 0 Å². The van der Waals surface area contributed by atoms with Gasteiger partial charge in [0.05, 0.1) is 17.2 Å². The van der Waals surface area contributed by atoms with Crippen molar-refractivity contribution in [1.29, 1.82) is 0 Å². The van der Waals surface area contributed by atoms with Gasteiger partial charge in [-0.3, -0.25) is 15.0 Å². The second-order valence-electron chi connectivity index (χ2n) is 6.82. The van der Waals surface area contributed by atoms with Gasteiger partial charge in [-0.15, -0.1) is 0 Å². The molecule has 2 aliphatic rings. The van der Waals surface area contributed by atoms with Crippen molar-refractivity contribution >= 4 is 17.5 Å². The van der Waals surface area contributed by atoms with E-state index in [1.807, 2.05) is 45.0 Å². The summed E-state index contributed by atoms with van der Waals surface area (Å²) < 4.78 is 19.1. The molecule has 1 spiro atoms. The van der Waals surface area contributed by atoms with Gasteiger partial charge in [0.25, 0.3) is 17.2 Å². The first-order valence-corrected chi connectivity index (χ1v) is 10.00. The number of hydrogen-bond acceptors (Lipinski definition) is 7. The number of non-ortho nitro benzene ring substituents is 1. The van der Waals surface area contributed by atoms with Crippen LogP contribution >= 0.6 is 0 Å². The molecule has 0 aliphatic carbocycles. The number of nitrogens with zero attached hydrogens (tertiary/aromatic N) is 2. The van der Waals surface area contributed by atoms with Crippen molar-refractivity contribution in [2.45, 2.75) is 32.3 Å². The van der Waals surface area contributed by atoms with E-state index in [9.17, 15) is 10.1 Å². The lowest BCUT2D eigenvalue weighted by Crippen LogP contribution is -2.63. The molecule has 30 heavy (non-hydrogen) atoms. The van der Waals surface area contributed by atoms with Crippen LogP contribution in [-0.2, 0) is 20.1 Å². The normalized spacial score (nSPS) is 20.7. The third kappa shape index (κ3) is 2.79. The van der Waals surface area contributed by atoms with Crippen LogP contribution in [0.1, 0.15) is 31.9 Å². The lowest BCUT2D eigenvalue weighted by Gasteiger charge is -2.47. The summed E-state index contributed by atoms with van der Waals surface area (Å²) in [4.78, 5) is 16.8. The number of nitro groups is 1. The first kappa shape index (κ1) is 20.3. The van der Waals surface area contributed by atoms with Crippen LogP contribution in [0.5, 0.6) is 5.75 Å². The predicted molar refractivity (Wildman–Crippen MR) is 111 cm³/mol. The Morgan fingerprint density at radius 1 is 1.07 bits per heavy atom. The monoisotopic (exact) mass is 412 g/mol. The van der Waals surface area contributed by atoms with Gasteiger partial charge in [-0.05, 0) is 45.1 Å². The van der Waals surface area contributed by atoms with Gasteiger partial charge in [0.2, 0.25) is 0 Å².